The van der Waals surface area contributed by atoms with Gasteiger partial charge in [0, 0.05) is 24.2 Å². The van der Waals surface area contributed by atoms with Crippen LogP contribution in [-0.2, 0) is 11.3 Å². The van der Waals surface area contributed by atoms with Gasteiger partial charge < -0.3 is 10.1 Å². The van der Waals surface area contributed by atoms with Crippen LogP contribution < -0.4 is 5.32 Å². The molecule has 1 unspecified atom stereocenters. The molecule has 1 atom stereocenters. The van der Waals surface area contributed by atoms with Crippen LogP contribution in [0.1, 0.15) is 50.7 Å². The predicted molar refractivity (Wildman–Crippen MR) is 85.3 cm³/mol. The number of ether oxygens (including phenoxy) is 1. The van der Waals surface area contributed by atoms with Crippen molar-refractivity contribution in [3.8, 4) is 0 Å². The van der Waals surface area contributed by atoms with Gasteiger partial charge in [0.1, 0.15) is 0 Å². The zero-order valence-electron chi connectivity index (χ0n) is 12.8. The summed E-state index contributed by atoms with van der Waals surface area (Å²) < 4.78 is 6.02. The van der Waals surface area contributed by atoms with Crippen LogP contribution in [0.2, 0.25) is 5.02 Å². The Morgan fingerprint density at radius 3 is 2.75 bits per heavy atom. The van der Waals surface area contributed by atoms with E-state index in [1.54, 1.807) is 0 Å². The van der Waals surface area contributed by atoms with E-state index in [9.17, 15) is 0 Å². The molecule has 1 N–H and O–H groups in total. The van der Waals surface area contributed by atoms with E-state index in [4.69, 9.17) is 16.3 Å². The highest BCUT2D eigenvalue weighted by Crippen LogP contribution is 2.31. The molecule has 3 heteroatoms. The van der Waals surface area contributed by atoms with Crippen LogP contribution in [0.5, 0.6) is 0 Å². The summed E-state index contributed by atoms with van der Waals surface area (Å²) in [7, 11) is 0. The molecular weight excluding hydrogens is 270 g/mol. The Labute approximate surface area is 127 Å². The molecule has 20 heavy (non-hydrogen) atoms. The van der Waals surface area contributed by atoms with Crippen LogP contribution in [0.3, 0.4) is 0 Å². The maximum atomic E-state index is 6.29. The molecule has 2 nitrogen and oxygen atoms in total. The van der Waals surface area contributed by atoms with Gasteiger partial charge in [0.25, 0.3) is 0 Å². The van der Waals surface area contributed by atoms with Gasteiger partial charge in [-0.2, -0.15) is 0 Å². The Morgan fingerprint density at radius 1 is 1.35 bits per heavy atom. The molecule has 1 saturated heterocycles. The van der Waals surface area contributed by atoms with E-state index < -0.39 is 0 Å². The van der Waals surface area contributed by atoms with Crippen LogP contribution in [0.4, 0.5) is 0 Å². The summed E-state index contributed by atoms with van der Waals surface area (Å²) in [5.41, 5.74) is 2.47. The quantitative estimate of drug-likeness (QED) is 0.865. The van der Waals surface area contributed by atoms with Gasteiger partial charge in [-0.3, -0.25) is 0 Å². The number of rotatable bonds is 5. The van der Waals surface area contributed by atoms with Crippen LogP contribution in [0.25, 0.3) is 0 Å². The Kier molecular flexibility index (Phi) is 5.48. The number of hydrogen-bond donors (Lipinski definition) is 1. The smallest absolute Gasteiger partial charge is 0.0692 e. The lowest BCUT2D eigenvalue weighted by Gasteiger charge is -2.40. The maximum absolute atomic E-state index is 6.29. The van der Waals surface area contributed by atoms with Crippen molar-refractivity contribution in [2.24, 2.45) is 0 Å². The SMILES string of the molecule is CCC1(CC)CC(NCc2ccc(C)cc2Cl)CCO1. The topological polar surface area (TPSA) is 21.3 Å². The first-order valence-corrected chi connectivity index (χ1v) is 8.08. The molecule has 2 rings (SSSR count). The van der Waals surface area contributed by atoms with Crippen molar-refractivity contribution >= 4 is 11.6 Å². The first-order valence-electron chi connectivity index (χ1n) is 7.71. The third-order valence-electron chi connectivity index (χ3n) is 4.57. The van der Waals surface area contributed by atoms with Gasteiger partial charge in [-0.1, -0.05) is 37.6 Å². The van der Waals surface area contributed by atoms with Crippen molar-refractivity contribution in [3.05, 3.63) is 34.3 Å². The number of benzene rings is 1. The fourth-order valence-electron chi connectivity index (χ4n) is 2.99. The second-order valence-corrected chi connectivity index (χ2v) is 6.31. The molecule has 1 fully saturated rings. The van der Waals surface area contributed by atoms with Crippen molar-refractivity contribution in [3.63, 3.8) is 0 Å². The lowest BCUT2D eigenvalue weighted by molar-refractivity contribution is -0.0932. The number of aryl methyl sites for hydroxylation is 1. The first-order chi connectivity index (χ1) is 9.58. The van der Waals surface area contributed by atoms with Gasteiger partial charge in [0.15, 0.2) is 0 Å². The molecule has 0 spiro atoms. The van der Waals surface area contributed by atoms with Crippen molar-refractivity contribution in [2.45, 2.75) is 64.6 Å². The lowest BCUT2D eigenvalue weighted by atomic mass is 9.86. The van der Waals surface area contributed by atoms with Crippen molar-refractivity contribution in [1.82, 2.24) is 5.32 Å². The fraction of sp³-hybridized carbons (Fsp3) is 0.647. The van der Waals surface area contributed by atoms with E-state index in [0.717, 1.165) is 43.9 Å². The molecule has 1 aromatic rings. The number of halogens is 1. The summed E-state index contributed by atoms with van der Waals surface area (Å²) in [4.78, 5) is 0. The minimum atomic E-state index is 0.0764. The monoisotopic (exact) mass is 295 g/mol. The van der Waals surface area contributed by atoms with Gasteiger partial charge in [-0.05, 0) is 49.8 Å². The summed E-state index contributed by atoms with van der Waals surface area (Å²) in [6, 6.07) is 6.80. The highest BCUT2D eigenvalue weighted by molar-refractivity contribution is 6.31. The molecule has 0 aliphatic carbocycles. The minimum Gasteiger partial charge on any atom is -0.375 e. The molecule has 0 saturated carbocycles. The van der Waals surface area contributed by atoms with Gasteiger partial charge >= 0.3 is 0 Å². The molecule has 0 amide bonds. The lowest BCUT2D eigenvalue weighted by Crippen LogP contribution is -2.46. The van der Waals surface area contributed by atoms with Gasteiger partial charge in [0.05, 0.1) is 5.60 Å². The summed E-state index contributed by atoms with van der Waals surface area (Å²) in [6.07, 6.45) is 4.37. The average molecular weight is 296 g/mol. The maximum Gasteiger partial charge on any atom is 0.0692 e. The summed E-state index contributed by atoms with van der Waals surface area (Å²) in [5.74, 6) is 0. The fourth-order valence-corrected chi connectivity index (χ4v) is 3.30. The number of hydrogen-bond acceptors (Lipinski definition) is 2. The van der Waals surface area contributed by atoms with E-state index in [2.05, 4.69) is 38.2 Å². The van der Waals surface area contributed by atoms with Crippen molar-refractivity contribution in [1.29, 1.82) is 0 Å². The molecule has 1 aliphatic heterocycles. The minimum absolute atomic E-state index is 0.0764. The standard InChI is InChI=1S/C17H26ClNO/c1-4-17(5-2)11-15(8-9-20-17)19-12-14-7-6-13(3)10-16(14)18/h6-7,10,15,19H,4-5,8-9,11-12H2,1-3H3. The zero-order valence-corrected chi connectivity index (χ0v) is 13.6. The summed E-state index contributed by atoms with van der Waals surface area (Å²) in [6.45, 7) is 8.22. The van der Waals surface area contributed by atoms with Crippen molar-refractivity contribution < 1.29 is 4.74 Å². The molecule has 0 aromatic heterocycles. The van der Waals surface area contributed by atoms with E-state index in [1.165, 1.54) is 11.1 Å². The van der Waals surface area contributed by atoms with E-state index in [0.29, 0.717) is 6.04 Å². The molecular formula is C17H26ClNO. The molecule has 0 bridgehead atoms. The zero-order chi connectivity index (χ0) is 14.6. The normalized spacial score (nSPS) is 21.9. The predicted octanol–water partition coefficient (Wildman–Crippen LogP) is 4.48. The Morgan fingerprint density at radius 2 is 2.10 bits per heavy atom. The Balaban J connectivity index is 1.93. The van der Waals surface area contributed by atoms with Gasteiger partial charge in [-0.25, -0.2) is 0 Å². The molecule has 1 heterocycles. The van der Waals surface area contributed by atoms with Gasteiger partial charge in [0.2, 0.25) is 0 Å². The van der Waals surface area contributed by atoms with Crippen LogP contribution >= 0.6 is 11.6 Å². The van der Waals surface area contributed by atoms with Gasteiger partial charge in [-0.15, -0.1) is 0 Å². The largest absolute Gasteiger partial charge is 0.375 e. The molecule has 0 radical (unpaired) electrons. The second-order valence-electron chi connectivity index (χ2n) is 5.90. The highest BCUT2D eigenvalue weighted by Gasteiger charge is 2.34. The van der Waals surface area contributed by atoms with Crippen LogP contribution in [0.15, 0.2) is 18.2 Å². The first kappa shape index (κ1) is 15.8. The number of nitrogens with one attached hydrogen (secondary N) is 1. The summed E-state index contributed by atoms with van der Waals surface area (Å²) >= 11 is 6.29. The van der Waals surface area contributed by atoms with Crippen molar-refractivity contribution in [2.75, 3.05) is 6.61 Å². The molecule has 112 valence electrons. The second kappa shape index (κ2) is 6.93. The highest BCUT2D eigenvalue weighted by atomic mass is 35.5. The van der Waals surface area contributed by atoms with E-state index in [-0.39, 0.29) is 5.60 Å². The molecule has 1 aromatic carbocycles. The molecule has 1 aliphatic rings. The summed E-state index contributed by atoms with van der Waals surface area (Å²) in [5, 5.41) is 4.52. The average Bonchev–Trinajstić information content (AvgIpc) is 2.46. The third kappa shape index (κ3) is 3.75. The van der Waals surface area contributed by atoms with Crippen LogP contribution in [-0.4, -0.2) is 18.2 Å². The Bertz CT molecular complexity index is 443. The third-order valence-corrected chi connectivity index (χ3v) is 4.92. The van der Waals surface area contributed by atoms with Crippen LogP contribution in [0, 0.1) is 6.92 Å². The van der Waals surface area contributed by atoms with E-state index in [1.807, 2.05) is 6.07 Å². The van der Waals surface area contributed by atoms with E-state index >= 15 is 0 Å². The Hall–Kier alpha value is -0.570.